The fraction of sp³-hybridized carbons (Fsp3) is 0.208. The van der Waals surface area contributed by atoms with Crippen molar-refractivity contribution in [1.29, 1.82) is 0 Å². The van der Waals surface area contributed by atoms with Gasteiger partial charge in [-0.25, -0.2) is 0 Å². The molecule has 150 valence electrons. The number of aromatic nitrogens is 2. The number of piperazine rings is 1. The molecular weight excluding hydrogens is 376 g/mol. The second-order valence-electron chi connectivity index (χ2n) is 7.68. The van der Waals surface area contributed by atoms with Crippen molar-refractivity contribution in [1.82, 2.24) is 15.1 Å². The van der Waals surface area contributed by atoms with E-state index in [-0.39, 0.29) is 5.91 Å². The fourth-order valence-electron chi connectivity index (χ4n) is 4.16. The first-order chi connectivity index (χ1) is 14.8. The highest BCUT2D eigenvalue weighted by molar-refractivity contribution is 5.94. The zero-order valence-corrected chi connectivity index (χ0v) is 16.6. The van der Waals surface area contributed by atoms with Crippen molar-refractivity contribution in [3.63, 3.8) is 0 Å². The van der Waals surface area contributed by atoms with Crippen molar-refractivity contribution in [2.45, 2.75) is 6.54 Å². The van der Waals surface area contributed by atoms with Crippen LogP contribution in [0.15, 0.2) is 77.5 Å². The first-order valence-electron chi connectivity index (χ1n) is 10.2. The Morgan fingerprint density at radius 3 is 2.50 bits per heavy atom. The van der Waals surface area contributed by atoms with Gasteiger partial charge in [-0.05, 0) is 35.0 Å². The van der Waals surface area contributed by atoms with Crippen molar-refractivity contribution >= 4 is 16.7 Å². The van der Waals surface area contributed by atoms with Gasteiger partial charge in [0.15, 0.2) is 0 Å². The van der Waals surface area contributed by atoms with Gasteiger partial charge in [-0.15, -0.1) is 10.2 Å². The van der Waals surface area contributed by atoms with Crippen LogP contribution in [0.3, 0.4) is 0 Å². The second-order valence-corrected chi connectivity index (χ2v) is 7.68. The minimum absolute atomic E-state index is 0.0799. The van der Waals surface area contributed by atoms with E-state index in [2.05, 4.69) is 52.7 Å². The fourth-order valence-corrected chi connectivity index (χ4v) is 4.16. The zero-order chi connectivity index (χ0) is 20.3. The van der Waals surface area contributed by atoms with Crippen LogP contribution in [0.5, 0.6) is 0 Å². The maximum absolute atomic E-state index is 12.9. The van der Waals surface area contributed by atoms with E-state index in [4.69, 9.17) is 4.42 Å². The lowest BCUT2D eigenvalue weighted by Gasteiger charge is -2.32. The van der Waals surface area contributed by atoms with E-state index in [1.54, 1.807) is 0 Å². The Hall–Kier alpha value is -3.51. The van der Waals surface area contributed by atoms with E-state index in [9.17, 15) is 4.79 Å². The maximum Gasteiger partial charge on any atom is 0.254 e. The summed E-state index contributed by atoms with van der Waals surface area (Å²) in [7, 11) is 0. The van der Waals surface area contributed by atoms with Crippen LogP contribution >= 0.6 is 0 Å². The first-order valence-corrected chi connectivity index (χ1v) is 10.2. The Morgan fingerprint density at radius 1 is 0.967 bits per heavy atom. The van der Waals surface area contributed by atoms with E-state index in [1.807, 2.05) is 29.2 Å². The van der Waals surface area contributed by atoms with Crippen LogP contribution < -0.4 is 4.90 Å². The summed E-state index contributed by atoms with van der Waals surface area (Å²) < 4.78 is 5.20. The van der Waals surface area contributed by atoms with Gasteiger partial charge in [-0.1, -0.05) is 42.5 Å². The van der Waals surface area contributed by atoms with Crippen LogP contribution in [0.4, 0.5) is 0 Å². The summed E-state index contributed by atoms with van der Waals surface area (Å²) in [4.78, 5) is 16.4. The van der Waals surface area contributed by atoms with Crippen LogP contribution in [-0.4, -0.2) is 47.2 Å². The van der Waals surface area contributed by atoms with Gasteiger partial charge in [0, 0.05) is 16.7 Å². The van der Waals surface area contributed by atoms with E-state index in [1.165, 1.54) is 27.6 Å². The number of hydrogen-bond donors (Lipinski definition) is 1. The van der Waals surface area contributed by atoms with E-state index in [0.29, 0.717) is 11.5 Å². The Kier molecular flexibility index (Phi) is 4.99. The van der Waals surface area contributed by atoms with Crippen LogP contribution in [0.25, 0.3) is 22.2 Å². The smallest absolute Gasteiger partial charge is 0.254 e. The van der Waals surface area contributed by atoms with Crippen molar-refractivity contribution in [2.75, 3.05) is 26.2 Å². The molecule has 0 unspecified atom stereocenters. The number of carbonyl (C=O) groups is 1. The SMILES string of the molecule is O=C(c1ccc(-c2nnco2)cc1)N1CC[NH+](Cc2cccc3ccccc23)CC1. The molecule has 0 aliphatic carbocycles. The Morgan fingerprint density at radius 2 is 1.73 bits per heavy atom. The summed E-state index contributed by atoms with van der Waals surface area (Å²) >= 11 is 0. The average Bonchev–Trinajstić information content (AvgIpc) is 3.35. The van der Waals surface area contributed by atoms with E-state index in [0.717, 1.165) is 38.3 Å². The van der Waals surface area contributed by atoms with Crippen molar-refractivity contribution in [3.8, 4) is 11.5 Å². The van der Waals surface area contributed by atoms with Crippen LogP contribution in [0.2, 0.25) is 0 Å². The quantitative estimate of drug-likeness (QED) is 0.573. The topological polar surface area (TPSA) is 63.7 Å². The standard InChI is InChI=1S/C24H22N4O2/c29-24(20-10-8-19(9-11-20)23-26-25-17-30-23)28-14-12-27(13-15-28)16-21-6-3-5-18-4-1-2-7-22(18)21/h1-11,17H,12-16H2/p+1. The lowest BCUT2D eigenvalue weighted by Crippen LogP contribution is -3.13. The molecule has 30 heavy (non-hydrogen) atoms. The lowest BCUT2D eigenvalue weighted by atomic mass is 10.0. The van der Waals surface area contributed by atoms with Gasteiger partial charge in [-0.3, -0.25) is 4.79 Å². The number of quaternary nitrogens is 1. The molecule has 0 radical (unpaired) electrons. The molecule has 1 amide bonds. The van der Waals surface area contributed by atoms with Crippen molar-refractivity contribution < 1.29 is 14.1 Å². The highest BCUT2D eigenvalue weighted by atomic mass is 16.4. The molecule has 1 fully saturated rings. The van der Waals surface area contributed by atoms with Gasteiger partial charge in [-0.2, -0.15) is 0 Å². The Labute approximate surface area is 174 Å². The van der Waals surface area contributed by atoms with Crippen LogP contribution in [0.1, 0.15) is 15.9 Å². The summed E-state index contributed by atoms with van der Waals surface area (Å²) in [5, 5.41) is 10.2. The first kappa shape index (κ1) is 18.5. The van der Waals surface area contributed by atoms with Crippen molar-refractivity contribution in [3.05, 3.63) is 84.3 Å². The molecule has 0 atom stereocenters. The molecule has 1 N–H and O–H groups in total. The molecule has 6 nitrogen and oxygen atoms in total. The molecule has 1 aliphatic rings. The summed E-state index contributed by atoms with van der Waals surface area (Å²) in [6.45, 7) is 4.43. The number of hydrogen-bond acceptors (Lipinski definition) is 4. The van der Waals surface area contributed by atoms with Gasteiger partial charge in [0.25, 0.3) is 5.91 Å². The third-order valence-corrected chi connectivity index (χ3v) is 5.82. The molecule has 2 heterocycles. The van der Waals surface area contributed by atoms with Crippen LogP contribution in [-0.2, 0) is 6.54 Å². The molecule has 0 spiro atoms. The third kappa shape index (κ3) is 3.69. The Balaban J connectivity index is 1.22. The number of carbonyl (C=O) groups excluding carboxylic acids is 1. The van der Waals surface area contributed by atoms with Gasteiger partial charge in [0.2, 0.25) is 12.3 Å². The molecule has 6 heteroatoms. The van der Waals surface area contributed by atoms with Crippen LogP contribution in [0, 0.1) is 0 Å². The van der Waals surface area contributed by atoms with Gasteiger partial charge in [0.05, 0.1) is 26.2 Å². The summed E-state index contributed by atoms with van der Waals surface area (Å²) in [5.74, 6) is 0.538. The van der Waals surface area contributed by atoms with Crippen molar-refractivity contribution in [2.24, 2.45) is 0 Å². The minimum Gasteiger partial charge on any atom is -0.423 e. The maximum atomic E-state index is 12.9. The molecule has 5 rings (SSSR count). The molecule has 1 saturated heterocycles. The zero-order valence-electron chi connectivity index (χ0n) is 16.6. The predicted octanol–water partition coefficient (Wildman–Crippen LogP) is 2.43. The van der Waals surface area contributed by atoms with Gasteiger partial charge >= 0.3 is 0 Å². The molecule has 1 aromatic heterocycles. The second kappa shape index (κ2) is 8.08. The minimum atomic E-state index is 0.0799. The number of benzene rings is 3. The number of fused-ring (bicyclic) bond motifs is 1. The monoisotopic (exact) mass is 399 g/mol. The summed E-state index contributed by atoms with van der Waals surface area (Å²) in [6, 6.07) is 22.4. The summed E-state index contributed by atoms with van der Waals surface area (Å²) in [6.07, 6.45) is 1.30. The van der Waals surface area contributed by atoms with E-state index >= 15 is 0 Å². The number of nitrogens with one attached hydrogen (secondary N) is 1. The lowest BCUT2D eigenvalue weighted by molar-refractivity contribution is -0.917. The molecule has 3 aromatic carbocycles. The van der Waals surface area contributed by atoms with Gasteiger partial charge in [0.1, 0.15) is 6.54 Å². The largest absolute Gasteiger partial charge is 0.423 e. The number of amides is 1. The molecule has 0 bridgehead atoms. The highest BCUT2D eigenvalue weighted by Gasteiger charge is 2.25. The number of nitrogens with zero attached hydrogens (tertiary/aromatic N) is 3. The highest BCUT2D eigenvalue weighted by Crippen LogP contribution is 2.19. The summed E-state index contributed by atoms with van der Waals surface area (Å²) in [5.41, 5.74) is 2.88. The predicted molar refractivity (Wildman–Crippen MR) is 114 cm³/mol. The average molecular weight is 399 g/mol. The van der Waals surface area contributed by atoms with E-state index < -0.39 is 0 Å². The molecule has 0 saturated carbocycles. The molecule has 4 aromatic rings. The normalized spacial score (nSPS) is 14.9. The number of rotatable bonds is 4. The third-order valence-electron chi connectivity index (χ3n) is 5.82. The molecule has 1 aliphatic heterocycles. The van der Waals surface area contributed by atoms with Gasteiger partial charge < -0.3 is 14.2 Å². The molecular formula is C24H23N4O2+. The Bertz CT molecular complexity index is 1140.